The van der Waals surface area contributed by atoms with E-state index in [0.29, 0.717) is 11.4 Å². The smallest absolute Gasteiger partial charge is 0.295 e. The molecule has 66 heavy (non-hydrogen) atoms. The van der Waals surface area contributed by atoms with Gasteiger partial charge in [0.2, 0.25) is 23.8 Å². The SMILES string of the molecule is CCON(OCC)c1nc(Nc2ccccc2)nc(Nc2ccc(/C=C/c3ccc(Nc4nc(Nc5ccccc5)nc(N(OCC)OCC)n4)cc3S(=O)(=O)O)c(S(=O)(=O)O)c2)n1.[Na].[Na]. The van der Waals surface area contributed by atoms with Gasteiger partial charge in [-0.1, -0.05) is 71.1 Å². The van der Waals surface area contributed by atoms with Crippen LogP contribution in [0.1, 0.15) is 38.8 Å². The van der Waals surface area contributed by atoms with E-state index in [9.17, 15) is 25.9 Å². The molecule has 0 aliphatic carbocycles. The van der Waals surface area contributed by atoms with E-state index < -0.39 is 30.0 Å². The summed E-state index contributed by atoms with van der Waals surface area (Å²) < 4.78 is 71.6. The van der Waals surface area contributed by atoms with Crippen LogP contribution in [0, 0.1) is 0 Å². The van der Waals surface area contributed by atoms with E-state index in [2.05, 4.69) is 51.2 Å². The molecule has 2 aromatic heterocycles. The van der Waals surface area contributed by atoms with Gasteiger partial charge in [-0.3, -0.25) is 9.11 Å². The molecule has 6 aromatic rings. The Morgan fingerprint density at radius 1 is 0.470 bits per heavy atom. The summed E-state index contributed by atoms with van der Waals surface area (Å²) in [6, 6.07) is 26.0. The van der Waals surface area contributed by atoms with Gasteiger partial charge in [0.15, 0.2) is 0 Å². The van der Waals surface area contributed by atoms with Crippen LogP contribution >= 0.6 is 0 Å². The first-order chi connectivity index (χ1) is 30.8. The molecule has 6 rings (SSSR count). The second-order valence-corrected chi connectivity index (χ2v) is 15.6. The van der Waals surface area contributed by atoms with Crippen LogP contribution in [0.5, 0.6) is 0 Å². The predicted octanol–water partition coefficient (Wildman–Crippen LogP) is 6.35. The molecule has 4 aromatic carbocycles. The Hall–Kier alpha value is -4.90. The monoisotopic (exact) mass is 962 g/mol. The van der Waals surface area contributed by atoms with Crippen molar-refractivity contribution in [3.63, 3.8) is 0 Å². The molecule has 0 spiro atoms. The number of hydrogen-bond donors (Lipinski definition) is 6. The maximum absolute atomic E-state index is 12.7. The summed E-state index contributed by atoms with van der Waals surface area (Å²) in [5.74, 6) is -0.00780. The summed E-state index contributed by atoms with van der Waals surface area (Å²) >= 11 is 0. The first-order valence-electron chi connectivity index (χ1n) is 19.5. The van der Waals surface area contributed by atoms with E-state index in [0.717, 1.165) is 22.6 Å². The zero-order chi connectivity index (χ0) is 45.7. The van der Waals surface area contributed by atoms with Crippen LogP contribution in [0.3, 0.4) is 0 Å². The zero-order valence-corrected chi connectivity index (χ0v) is 42.4. The Bertz CT molecular complexity index is 2590. The van der Waals surface area contributed by atoms with Gasteiger partial charge in [-0.05, 0) is 87.4 Å². The average molecular weight is 963 g/mol. The van der Waals surface area contributed by atoms with Crippen molar-refractivity contribution in [3.05, 3.63) is 108 Å². The number of anilines is 10. The van der Waals surface area contributed by atoms with E-state index in [1.54, 1.807) is 52.0 Å². The topological polar surface area (TPSA) is 278 Å². The second-order valence-electron chi connectivity index (χ2n) is 12.8. The fourth-order valence-electron chi connectivity index (χ4n) is 5.58. The van der Waals surface area contributed by atoms with Gasteiger partial charge in [0.1, 0.15) is 9.79 Å². The van der Waals surface area contributed by atoms with Gasteiger partial charge in [0.25, 0.3) is 32.1 Å². The summed E-state index contributed by atoms with van der Waals surface area (Å²) in [4.78, 5) is 47.4. The summed E-state index contributed by atoms with van der Waals surface area (Å²) in [5, 5.41) is 14.0. The van der Waals surface area contributed by atoms with Crippen LogP contribution in [0.4, 0.5) is 58.4 Å². The minimum absolute atomic E-state index is 0. The fourth-order valence-corrected chi connectivity index (χ4v) is 7.00. The maximum atomic E-state index is 12.7. The van der Waals surface area contributed by atoms with Crippen molar-refractivity contribution in [1.29, 1.82) is 0 Å². The average Bonchev–Trinajstić information content (AvgIpc) is 3.26. The molecule has 0 aliphatic rings. The van der Waals surface area contributed by atoms with Gasteiger partial charge in [0.05, 0.1) is 26.4 Å². The molecule has 22 nitrogen and oxygen atoms in total. The molecule has 2 heterocycles. The van der Waals surface area contributed by atoms with Gasteiger partial charge in [-0.15, -0.1) is 0 Å². The van der Waals surface area contributed by atoms with Crippen molar-refractivity contribution in [3.8, 4) is 0 Å². The third-order valence-corrected chi connectivity index (χ3v) is 9.98. The van der Waals surface area contributed by atoms with E-state index in [1.807, 2.05) is 36.4 Å². The third kappa shape index (κ3) is 15.3. The summed E-state index contributed by atoms with van der Waals surface area (Å²) in [7, 11) is -9.77. The summed E-state index contributed by atoms with van der Waals surface area (Å²) in [6.07, 6.45) is 2.51. The fraction of sp³-hybridized carbons (Fsp3) is 0.200. The Labute approximate surface area is 425 Å². The minimum Gasteiger partial charge on any atom is -0.324 e. The first kappa shape index (κ1) is 53.7. The van der Waals surface area contributed by atoms with E-state index in [-0.39, 0.29) is 144 Å². The van der Waals surface area contributed by atoms with Crippen molar-refractivity contribution in [1.82, 2.24) is 29.9 Å². The first-order valence-corrected chi connectivity index (χ1v) is 22.4. The summed E-state index contributed by atoms with van der Waals surface area (Å²) in [5.41, 5.74) is 1.51. The third-order valence-electron chi connectivity index (χ3n) is 8.16. The van der Waals surface area contributed by atoms with Crippen LogP contribution < -0.4 is 31.7 Å². The molecular formula is C40H44N12Na2O10S2. The molecule has 26 heteroatoms. The number of benzene rings is 4. The molecule has 0 bridgehead atoms. The quantitative estimate of drug-likeness (QED) is 0.0187. The van der Waals surface area contributed by atoms with Crippen LogP contribution in [0.15, 0.2) is 107 Å². The van der Waals surface area contributed by atoms with Crippen molar-refractivity contribution < 1.29 is 45.3 Å². The molecule has 0 saturated heterocycles. The molecule has 2 radical (unpaired) electrons. The maximum Gasteiger partial charge on any atom is 0.295 e. The van der Waals surface area contributed by atoms with Gasteiger partial charge >= 0.3 is 0 Å². The Kier molecular flexibility index (Phi) is 20.6. The van der Waals surface area contributed by atoms with Gasteiger partial charge in [-0.25, -0.2) is 19.4 Å². The predicted molar refractivity (Wildman–Crippen MR) is 250 cm³/mol. The summed E-state index contributed by atoms with van der Waals surface area (Å²) in [6.45, 7) is 7.85. The van der Waals surface area contributed by atoms with Crippen molar-refractivity contribution in [2.24, 2.45) is 0 Å². The molecule has 0 aliphatic heterocycles. The number of nitrogens with zero attached hydrogens (tertiary/aromatic N) is 8. The van der Waals surface area contributed by atoms with Gasteiger partial charge in [-0.2, -0.15) is 46.7 Å². The Morgan fingerprint density at radius 3 is 1.06 bits per heavy atom. The second kappa shape index (κ2) is 25.3. The largest absolute Gasteiger partial charge is 0.324 e. The Balaban J connectivity index is 0.00000476. The van der Waals surface area contributed by atoms with E-state index >= 15 is 0 Å². The van der Waals surface area contributed by atoms with Gasteiger partial charge < -0.3 is 21.3 Å². The number of para-hydroxylation sites is 2. The molecule has 0 atom stereocenters. The molecule has 0 amide bonds. The zero-order valence-electron chi connectivity index (χ0n) is 36.8. The van der Waals surface area contributed by atoms with Gasteiger partial charge in [0, 0.05) is 81.9 Å². The number of rotatable bonds is 22. The number of hydrogen-bond acceptors (Lipinski definition) is 20. The standard InChI is InChI=1S/C40H44N12O10S2.2Na/c1-5-59-51(60-6-2)39-47-35(41-29-15-11-9-12-16-29)45-37(49-39)43-31-23-21-27(33(25-31)63(53,54)55)19-20-28-22-24-32(26-34(28)64(56,57)58)44-38-46-36(42-30-17-13-10-14-18-30)48-40(50-38)52(61-7-3)62-8-4;;/h9-26H,5-8H2,1-4H3,(H,53,54,55)(H,56,57,58)(H2,41,43,45,47,49)(H2,42,44,46,48,50);;/b20-19+;;. The molecule has 0 saturated carbocycles. The molecule has 0 unspecified atom stereocenters. The molecule has 0 fully saturated rings. The van der Waals surface area contributed by atoms with Crippen molar-refractivity contribution in [2.45, 2.75) is 37.5 Å². The van der Waals surface area contributed by atoms with Crippen molar-refractivity contribution >= 4 is 150 Å². The minimum atomic E-state index is -4.89. The number of nitrogens with one attached hydrogen (secondary N) is 4. The van der Waals surface area contributed by atoms with Crippen LogP contribution in [0.2, 0.25) is 0 Å². The van der Waals surface area contributed by atoms with Crippen LogP contribution in [-0.2, 0) is 39.6 Å². The van der Waals surface area contributed by atoms with Crippen LogP contribution in [0.25, 0.3) is 12.2 Å². The normalized spacial score (nSPS) is 11.3. The van der Waals surface area contributed by atoms with Crippen LogP contribution in [-0.4, -0.2) is 141 Å². The molecule has 338 valence electrons. The van der Waals surface area contributed by atoms with E-state index in [1.165, 1.54) is 36.4 Å². The molecule has 6 N–H and O–H groups in total. The molecular weight excluding hydrogens is 919 g/mol. The number of aromatic nitrogens is 6. The van der Waals surface area contributed by atoms with E-state index in [4.69, 9.17) is 19.4 Å². The van der Waals surface area contributed by atoms with Crippen molar-refractivity contribution in [2.75, 3.05) is 58.1 Å². The Morgan fingerprint density at radius 2 is 0.773 bits per heavy atom.